The third-order valence-electron chi connectivity index (χ3n) is 3.07. The van der Waals surface area contributed by atoms with Crippen molar-refractivity contribution in [1.29, 1.82) is 0 Å². The number of phenols is 1. The minimum absolute atomic E-state index is 0.0662. The summed E-state index contributed by atoms with van der Waals surface area (Å²) in [7, 11) is 0. The van der Waals surface area contributed by atoms with E-state index in [0.717, 1.165) is 11.4 Å². The molecule has 1 aliphatic heterocycles. The molecule has 20 heavy (non-hydrogen) atoms. The zero-order valence-electron chi connectivity index (χ0n) is 10.7. The van der Waals surface area contributed by atoms with E-state index in [9.17, 15) is 9.50 Å². The highest BCUT2D eigenvalue weighted by molar-refractivity contribution is 5.55. The van der Waals surface area contributed by atoms with E-state index in [1.807, 2.05) is 18.2 Å². The predicted molar refractivity (Wildman–Crippen MR) is 72.8 cm³/mol. The van der Waals surface area contributed by atoms with E-state index < -0.39 is 0 Å². The second-order valence-corrected chi connectivity index (χ2v) is 4.49. The van der Waals surface area contributed by atoms with Crippen LogP contribution in [0.25, 0.3) is 0 Å². The molecule has 0 radical (unpaired) electrons. The van der Waals surface area contributed by atoms with E-state index in [1.54, 1.807) is 0 Å². The monoisotopic (exact) mass is 275 g/mol. The fourth-order valence-electron chi connectivity index (χ4n) is 2.05. The Hall–Kier alpha value is -2.43. The summed E-state index contributed by atoms with van der Waals surface area (Å²) < 4.78 is 24.0. The van der Waals surface area contributed by atoms with E-state index in [-0.39, 0.29) is 11.6 Å². The molecule has 0 amide bonds. The molecule has 2 N–H and O–H groups in total. The molecule has 0 aromatic heterocycles. The molecule has 4 nitrogen and oxygen atoms in total. The molecule has 0 saturated heterocycles. The number of hydrogen-bond acceptors (Lipinski definition) is 4. The van der Waals surface area contributed by atoms with Gasteiger partial charge in [0, 0.05) is 23.9 Å². The van der Waals surface area contributed by atoms with Crippen molar-refractivity contribution in [2.24, 2.45) is 0 Å². The second kappa shape index (κ2) is 5.28. The molecular formula is C15H14FNO3. The maximum atomic E-state index is 13.1. The predicted octanol–water partition coefficient (Wildman–Crippen LogP) is 2.91. The van der Waals surface area contributed by atoms with Crippen molar-refractivity contribution in [2.75, 3.05) is 18.5 Å². The smallest absolute Gasteiger partial charge is 0.163 e. The molecule has 0 bridgehead atoms. The lowest BCUT2D eigenvalue weighted by atomic mass is 10.2. The quantitative estimate of drug-likeness (QED) is 0.904. The highest BCUT2D eigenvalue weighted by Gasteiger charge is 2.11. The summed E-state index contributed by atoms with van der Waals surface area (Å²) in [6.07, 6.45) is 0. The number of nitrogens with one attached hydrogen (secondary N) is 1. The van der Waals surface area contributed by atoms with Crippen LogP contribution in [0.1, 0.15) is 5.56 Å². The summed E-state index contributed by atoms with van der Waals surface area (Å²) in [6, 6.07) is 9.37. The summed E-state index contributed by atoms with van der Waals surface area (Å²) in [5, 5.41) is 12.8. The summed E-state index contributed by atoms with van der Waals surface area (Å²) in [6.45, 7) is 1.40. The third kappa shape index (κ3) is 2.61. The van der Waals surface area contributed by atoms with Crippen LogP contribution < -0.4 is 14.8 Å². The molecule has 0 unspecified atom stereocenters. The number of rotatable bonds is 3. The number of hydrogen-bond donors (Lipinski definition) is 2. The Labute approximate surface area is 115 Å². The number of anilines is 1. The number of ether oxygens (including phenoxy) is 2. The van der Waals surface area contributed by atoms with Gasteiger partial charge in [0.2, 0.25) is 0 Å². The lowest BCUT2D eigenvalue weighted by Crippen LogP contribution is -2.15. The molecule has 0 saturated carbocycles. The number of phenolic OH excluding ortho intramolecular Hbond substituents is 1. The normalized spacial score (nSPS) is 13.1. The minimum atomic E-state index is -0.373. The number of halogens is 1. The molecule has 0 fully saturated rings. The number of benzene rings is 2. The van der Waals surface area contributed by atoms with Crippen LogP contribution in [0.2, 0.25) is 0 Å². The molecule has 0 spiro atoms. The molecule has 0 aliphatic carbocycles. The average Bonchev–Trinajstić information content (AvgIpc) is 2.48. The van der Waals surface area contributed by atoms with Crippen LogP contribution in [0, 0.1) is 5.82 Å². The first-order valence-electron chi connectivity index (χ1n) is 6.33. The Bertz CT molecular complexity index is 631. The van der Waals surface area contributed by atoms with E-state index in [1.165, 1.54) is 18.2 Å². The standard InChI is InChI=1S/C15H14FNO3/c16-11-1-3-13(18)10(7-11)9-17-12-2-4-14-15(8-12)20-6-5-19-14/h1-4,7-8,17-18H,5-6,9H2. The van der Waals surface area contributed by atoms with Crippen molar-refractivity contribution >= 4 is 5.69 Å². The summed E-state index contributed by atoms with van der Waals surface area (Å²) in [4.78, 5) is 0. The van der Waals surface area contributed by atoms with Crippen molar-refractivity contribution in [3.63, 3.8) is 0 Å². The van der Waals surface area contributed by atoms with Crippen LogP contribution in [0.5, 0.6) is 17.2 Å². The Balaban J connectivity index is 1.73. The van der Waals surface area contributed by atoms with E-state index in [4.69, 9.17) is 9.47 Å². The maximum absolute atomic E-state index is 13.1. The second-order valence-electron chi connectivity index (χ2n) is 4.49. The van der Waals surface area contributed by atoms with Gasteiger partial charge in [0.25, 0.3) is 0 Å². The van der Waals surface area contributed by atoms with E-state index >= 15 is 0 Å². The van der Waals surface area contributed by atoms with Crippen molar-refractivity contribution in [3.05, 3.63) is 47.8 Å². The van der Waals surface area contributed by atoms with Crippen molar-refractivity contribution in [3.8, 4) is 17.2 Å². The van der Waals surface area contributed by atoms with Gasteiger partial charge in [0.1, 0.15) is 24.8 Å². The highest BCUT2D eigenvalue weighted by atomic mass is 19.1. The largest absolute Gasteiger partial charge is 0.508 e. The first-order chi connectivity index (χ1) is 9.72. The average molecular weight is 275 g/mol. The molecule has 104 valence electrons. The van der Waals surface area contributed by atoms with Gasteiger partial charge in [-0.2, -0.15) is 0 Å². The first-order valence-corrected chi connectivity index (χ1v) is 6.33. The van der Waals surface area contributed by atoms with Gasteiger partial charge in [-0.25, -0.2) is 4.39 Å². The fourth-order valence-corrected chi connectivity index (χ4v) is 2.05. The zero-order chi connectivity index (χ0) is 13.9. The molecule has 2 aromatic rings. The molecule has 0 atom stereocenters. The van der Waals surface area contributed by atoms with Gasteiger partial charge >= 0.3 is 0 Å². The Morgan fingerprint density at radius 1 is 1.05 bits per heavy atom. The van der Waals surface area contributed by atoms with Crippen LogP contribution in [0.3, 0.4) is 0 Å². The highest BCUT2D eigenvalue weighted by Crippen LogP contribution is 2.32. The Morgan fingerprint density at radius 3 is 2.70 bits per heavy atom. The summed E-state index contributed by atoms with van der Waals surface area (Å²) >= 11 is 0. The van der Waals surface area contributed by atoms with Gasteiger partial charge in [-0.1, -0.05) is 0 Å². The van der Waals surface area contributed by atoms with Crippen molar-refractivity contribution in [1.82, 2.24) is 0 Å². The van der Waals surface area contributed by atoms with Crippen LogP contribution in [-0.2, 0) is 6.54 Å². The van der Waals surface area contributed by atoms with Crippen molar-refractivity contribution in [2.45, 2.75) is 6.54 Å². The van der Waals surface area contributed by atoms with Gasteiger partial charge in [0.05, 0.1) is 0 Å². The van der Waals surface area contributed by atoms with Crippen LogP contribution in [0.15, 0.2) is 36.4 Å². The lowest BCUT2D eigenvalue weighted by molar-refractivity contribution is 0.171. The maximum Gasteiger partial charge on any atom is 0.163 e. The first kappa shape index (κ1) is 12.6. The SMILES string of the molecule is Oc1ccc(F)cc1CNc1ccc2c(c1)OCCO2. The van der Waals surface area contributed by atoms with Crippen LogP contribution in [0.4, 0.5) is 10.1 Å². The molecule has 3 rings (SSSR count). The van der Waals surface area contributed by atoms with Gasteiger partial charge in [-0.15, -0.1) is 0 Å². The molecule has 1 heterocycles. The van der Waals surface area contributed by atoms with E-state index in [0.29, 0.717) is 31.1 Å². The molecule has 5 heteroatoms. The van der Waals surface area contributed by atoms with Gasteiger partial charge in [-0.05, 0) is 30.3 Å². The van der Waals surface area contributed by atoms with E-state index in [2.05, 4.69) is 5.32 Å². The third-order valence-corrected chi connectivity index (χ3v) is 3.07. The molecule has 1 aliphatic rings. The molecular weight excluding hydrogens is 261 g/mol. The molecule has 2 aromatic carbocycles. The Kier molecular flexibility index (Phi) is 3.33. The minimum Gasteiger partial charge on any atom is -0.508 e. The number of fused-ring (bicyclic) bond motifs is 1. The number of aromatic hydroxyl groups is 1. The summed E-state index contributed by atoms with van der Waals surface area (Å²) in [5.74, 6) is 1.10. The van der Waals surface area contributed by atoms with Gasteiger partial charge in [-0.3, -0.25) is 0 Å². The fraction of sp³-hybridized carbons (Fsp3) is 0.200. The zero-order valence-corrected chi connectivity index (χ0v) is 10.7. The van der Waals surface area contributed by atoms with Crippen molar-refractivity contribution < 1.29 is 19.0 Å². The Morgan fingerprint density at radius 2 is 1.85 bits per heavy atom. The van der Waals surface area contributed by atoms with Crippen LogP contribution >= 0.6 is 0 Å². The lowest BCUT2D eigenvalue weighted by Gasteiger charge is -2.19. The van der Waals surface area contributed by atoms with Gasteiger partial charge in [0.15, 0.2) is 11.5 Å². The topological polar surface area (TPSA) is 50.7 Å². The van der Waals surface area contributed by atoms with Crippen LogP contribution in [-0.4, -0.2) is 18.3 Å². The summed E-state index contributed by atoms with van der Waals surface area (Å²) in [5.41, 5.74) is 1.32. The van der Waals surface area contributed by atoms with Gasteiger partial charge < -0.3 is 19.9 Å².